The average Bonchev–Trinajstić information content (AvgIpc) is 2.59. The quantitative estimate of drug-likeness (QED) is 0.925. The van der Waals surface area contributed by atoms with Crippen molar-refractivity contribution >= 4 is 11.6 Å². The fraction of sp³-hybridized carbons (Fsp3) is 0.278. The van der Waals surface area contributed by atoms with Gasteiger partial charge < -0.3 is 10.2 Å². The Morgan fingerprint density at radius 2 is 1.79 bits per heavy atom. The molecule has 0 aromatic heterocycles. The molecular weight excluding hydrogens is 317 g/mol. The molecule has 2 aromatic rings. The van der Waals surface area contributed by atoms with E-state index in [9.17, 15) is 18.0 Å². The third-order valence-electron chi connectivity index (χ3n) is 4.09. The maximum absolute atomic E-state index is 13.3. The molecule has 0 bridgehead atoms. The second kappa shape index (κ2) is 6.95. The van der Waals surface area contributed by atoms with Gasteiger partial charge in [0.2, 0.25) is 0 Å². The highest BCUT2D eigenvalue weighted by atomic mass is 19.2. The van der Waals surface area contributed by atoms with Gasteiger partial charge in [0.15, 0.2) is 11.6 Å². The van der Waals surface area contributed by atoms with Crippen LogP contribution in [0.5, 0.6) is 0 Å². The molecule has 6 heteroatoms. The lowest BCUT2D eigenvalue weighted by molar-refractivity contribution is 0.0714. The summed E-state index contributed by atoms with van der Waals surface area (Å²) in [4.78, 5) is 14.1. The number of halogens is 3. The van der Waals surface area contributed by atoms with Crippen LogP contribution in [0.15, 0.2) is 42.5 Å². The van der Waals surface area contributed by atoms with Crippen molar-refractivity contribution < 1.29 is 18.0 Å². The van der Waals surface area contributed by atoms with Crippen molar-refractivity contribution in [3.63, 3.8) is 0 Å². The van der Waals surface area contributed by atoms with Gasteiger partial charge in [-0.3, -0.25) is 4.79 Å². The molecule has 0 radical (unpaired) electrons. The second-order valence-electron chi connectivity index (χ2n) is 5.87. The molecule has 1 amide bonds. The van der Waals surface area contributed by atoms with Crippen LogP contribution < -0.4 is 5.32 Å². The summed E-state index contributed by atoms with van der Waals surface area (Å²) in [5.74, 6) is -2.63. The zero-order valence-electron chi connectivity index (χ0n) is 12.9. The first-order valence-corrected chi connectivity index (χ1v) is 7.79. The van der Waals surface area contributed by atoms with Gasteiger partial charge in [-0.05, 0) is 55.3 Å². The van der Waals surface area contributed by atoms with Gasteiger partial charge in [0.25, 0.3) is 5.91 Å². The molecule has 3 nitrogen and oxygen atoms in total. The minimum absolute atomic E-state index is 0.0263. The van der Waals surface area contributed by atoms with Crippen LogP contribution in [0.1, 0.15) is 23.2 Å². The van der Waals surface area contributed by atoms with Crippen LogP contribution in [0.25, 0.3) is 0 Å². The van der Waals surface area contributed by atoms with E-state index in [-0.39, 0.29) is 23.3 Å². The Hall–Kier alpha value is -2.50. The highest BCUT2D eigenvalue weighted by molar-refractivity contribution is 5.94. The summed E-state index contributed by atoms with van der Waals surface area (Å²) in [6.45, 7) is 1.02. The summed E-state index contributed by atoms with van der Waals surface area (Å²) in [5, 5.41) is 3.27. The van der Waals surface area contributed by atoms with E-state index in [4.69, 9.17) is 0 Å². The van der Waals surface area contributed by atoms with Gasteiger partial charge in [0.1, 0.15) is 5.82 Å². The minimum atomic E-state index is -1.03. The predicted octanol–water partition coefficient (Wildman–Crippen LogP) is 3.82. The summed E-state index contributed by atoms with van der Waals surface area (Å²) in [6, 6.07) is 9.23. The highest BCUT2D eigenvalue weighted by Gasteiger charge is 2.25. The van der Waals surface area contributed by atoms with E-state index in [1.165, 1.54) is 18.2 Å². The molecule has 126 valence electrons. The molecule has 1 aliphatic heterocycles. The molecule has 1 heterocycles. The largest absolute Gasteiger partial charge is 0.381 e. The van der Waals surface area contributed by atoms with Gasteiger partial charge in [0.05, 0.1) is 0 Å². The van der Waals surface area contributed by atoms with Gasteiger partial charge in [0, 0.05) is 30.4 Å². The number of nitrogens with one attached hydrogen (secondary N) is 1. The fourth-order valence-electron chi connectivity index (χ4n) is 2.87. The number of hydrogen-bond donors (Lipinski definition) is 1. The van der Waals surface area contributed by atoms with Crippen molar-refractivity contribution in [2.24, 2.45) is 0 Å². The van der Waals surface area contributed by atoms with Crippen LogP contribution in [0.2, 0.25) is 0 Å². The summed E-state index contributed by atoms with van der Waals surface area (Å²) in [5.41, 5.74) is 0.917. The number of benzene rings is 2. The van der Waals surface area contributed by atoms with Gasteiger partial charge in [-0.25, -0.2) is 13.2 Å². The van der Waals surface area contributed by atoms with E-state index in [1.54, 1.807) is 17.0 Å². The Kier molecular flexibility index (Phi) is 4.74. The van der Waals surface area contributed by atoms with Crippen LogP contribution in [0.4, 0.5) is 18.9 Å². The average molecular weight is 334 g/mol. The van der Waals surface area contributed by atoms with Crippen LogP contribution in [-0.4, -0.2) is 29.9 Å². The smallest absolute Gasteiger partial charge is 0.254 e. The van der Waals surface area contributed by atoms with Gasteiger partial charge in [-0.2, -0.15) is 0 Å². The van der Waals surface area contributed by atoms with E-state index in [2.05, 4.69) is 5.32 Å². The molecule has 0 spiro atoms. The second-order valence-corrected chi connectivity index (χ2v) is 5.87. The molecule has 2 aromatic carbocycles. The SMILES string of the molecule is O=C(c1ccc(F)c(F)c1)N1CCCC(Nc2ccc(F)cc2)C1. The van der Waals surface area contributed by atoms with E-state index < -0.39 is 11.6 Å². The van der Waals surface area contributed by atoms with E-state index in [1.807, 2.05) is 0 Å². The molecule has 0 aliphatic carbocycles. The maximum Gasteiger partial charge on any atom is 0.254 e. The lowest BCUT2D eigenvalue weighted by Gasteiger charge is -2.33. The third kappa shape index (κ3) is 3.69. The molecule has 1 fully saturated rings. The van der Waals surface area contributed by atoms with Crippen molar-refractivity contribution in [1.82, 2.24) is 4.90 Å². The summed E-state index contributed by atoms with van der Waals surface area (Å²) < 4.78 is 39.3. The molecule has 1 atom stereocenters. The molecule has 1 saturated heterocycles. The number of carbonyl (C=O) groups excluding carboxylic acids is 1. The Labute approximate surface area is 138 Å². The number of amides is 1. The zero-order chi connectivity index (χ0) is 17.1. The third-order valence-corrected chi connectivity index (χ3v) is 4.09. The predicted molar refractivity (Wildman–Crippen MR) is 85.3 cm³/mol. The monoisotopic (exact) mass is 334 g/mol. The lowest BCUT2D eigenvalue weighted by Crippen LogP contribution is -2.45. The Balaban J connectivity index is 1.67. The van der Waals surface area contributed by atoms with Gasteiger partial charge >= 0.3 is 0 Å². The first-order chi connectivity index (χ1) is 11.5. The molecular formula is C18H17F3N2O. The standard InChI is InChI=1S/C18H17F3N2O/c19-13-4-6-14(7-5-13)22-15-2-1-9-23(11-15)18(24)12-3-8-16(20)17(21)10-12/h3-8,10,15,22H,1-2,9,11H2. The molecule has 0 saturated carbocycles. The summed E-state index contributed by atoms with van der Waals surface area (Å²) >= 11 is 0. The van der Waals surface area contributed by atoms with Crippen molar-refractivity contribution in [3.05, 3.63) is 65.5 Å². The first-order valence-electron chi connectivity index (χ1n) is 7.79. The highest BCUT2D eigenvalue weighted by Crippen LogP contribution is 2.19. The normalized spacial score (nSPS) is 17.6. The van der Waals surface area contributed by atoms with E-state index >= 15 is 0 Å². The van der Waals surface area contributed by atoms with Crippen LogP contribution in [0, 0.1) is 17.5 Å². The number of nitrogens with zero attached hydrogens (tertiary/aromatic N) is 1. The number of carbonyl (C=O) groups is 1. The Morgan fingerprint density at radius 1 is 1.04 bits per heavy atom. The Bertz CT molecular complexity index is 734. The zero-order valence-corrected chi connectivity index (χ0v) is 12.9. The number of piperidine rings is 1. The van der Waals surface area contributed by atoms with Gasteiger partial charge in [-0.1, -0.05) is 0 Å². The van der Waals surface area contributed by atoms with Crippen LogP contribution in [0.3, 0.4) is 0 Å². The first kappa shape index (κ1) is 16.4. The molecule has 1 unspecified atom stereocenters. The topological polar surface area (TPSA) is 32.3 Å². The van der Waals surface area contributed by atoms with E-state index in [0.29, 0.717) is 13.1 Å². The molecule has 1 aliphatic rings. The van der Waals surface area contributed by atoms with Crippen LogP contribution in [-0.2, 0) is 0 Å². The number of likely N-dealkylation sites (tertiary alicyclic amines) is 1. The number of anilines is 1. The van der Waals surface area contributed by atoms with Crippen LogP contribution >= 0.6 is 0 Å². The van der Waals surface area contributed by atoms with Gasteiger partial charge in [-0.15, -0.1) is 0 Å². The summed E-state index contributed by atoms with van der Waals surface area (Å²) in [7, 11) is 0. The summed E-state index contributed by atoms with van der Waals surface area (Å²) in [6.07, 6.45) is 1.67. The maximum atomic E-state index is 13.3. The van der Waals surface area contributed by atoms with Crippen molar-refractivity contribution in [2.75, 3.05) is 18.4 Å². The van der Waals surface area contributed by atoms with E-state index in [0.717, 1.165) is 30.7 Å². The number of hydrogen-bond acceptors (Lipinski definition) is 2. The van der Waals surface area contributed by atoms with Crippen molar-refractivity contribution in [3.8, 4) is 0 Å². The molecule has 1 N–H and O–H groups in total. The van der Waals surface area contributed by atoms with Crippen molar-refractivity contribution in [2.45, 2.75) is 18.9 Å². The molecule has 24 heavy (non-hydrogen) atoms. The van der Waals surface area contributed by atoms with Crippen molar-refractivity contribution in [1.29, 1.82) is 0 Å². The Morgan fingerprint density at radius 3 is 2.50 bits per heavy atom. The fourth-order valence-corrected chi connectivity index (χ4v) is 2.87. The molecule has 3 rings (SSSR count). The minimum Gasteiger partial charge on any atom is -0.381 e. The lowest BCUT2D eigenvalue weighted by atomic mass is 10.0. The number of rotatable bonds is 3.